The van der Waals surface area contributed by atoms with Gasteiger partial charge in [0.15, 0.2) is 0 Å². The van der Waals surface area contributed by atoms with Gasteiger partial charge in [-0.05, 0) is 59.2 Å². The van der Waals surface area contributed by atoms with E-state index in [4.69, 9.17) is 4.74 Å². The molecule has 0 aliphatic heterocycles. The fourth-order valence-corrected chi connectivity index (χ4v) is 3.79. The second-order valence-electron chi connectivity index (χ2n) is 5.67. The third-order valence-corrected chi connectivity index (χ3v) is 5.20. The zero-order chi connectivity index (χ0) is 16.5. The molecule has 0 spiro atoms. The number of hydrogen-bond donors (Lipinski definition) is 0. The zero-order valence-corrected chi connectivity index (χ0v) is 14.5. The van der Waals surface area contributed by atoms with Crippen LogP contribution in [0.3, 0.4) is 0 Å². The molecule has 0 saturated carbocycles. The Morgan fingerprint density at radius 1 is 1.04 bits per heavy atom. The van der Waals surface area contributed by atoms with Gasteiger partial charge in [0.05, 0.1) is 12.0 Å². The van der Waals surface area contributed by atoms with Crippen LogP contribution in [0.4, 0.5) is 0 Å². The average molecular weight is 334 g/mol. The SMILES string of the molecule is CCn1ccc2ccc(-c3sncc3-c3ccc(OC)cc3)cc21. The maximum atomic E-state index is 5.25. The lowest BCUT2D eigenvalue weighted by Crippen LogP contribution is -1.90. The predicted molar refractivity (Wildman–Crippen MR) is 101 cm³/mol. The first kappa shape index (κ1) is 15.0. The smallest absolute Gasteiger partial charge is 0.118 e. The molecule has 3 nitrogen and oxygen atoms in total. The third kappa shape index (κ3) is 2.49. The molecule has 0 atom stereocenters. The summed E-state index contributed by atoms with van der Waals surface area (Å²) in [4.78, 5) is 1.20. The number of rotatable bonds is 4. The van der Waals surface area contributed by atoms with E-state index in [2.05, 4.69) is 58.5 Å². The molecule has 0 aliphatic carbocycles. The van der Waals surface area contributed by atoms with Crippen LogP contribution in [-0.2, 0) is 6.54 Å². The Labute approximate surface area is 145 Å². The van der Waals surface area contributed by atoms with Crippen LogP contribution < -0.4 is 4.74 Å². The molecular formula is C20H18N2OS. The molecule has 24 heavy (non-hydrogen) atoms. The lowest BCUT2D eigenvalue weighted by Gasteiger charge is -2.07. The van der Waals surface area contributed by atoms with Crippen molar-refractivity contribution >= 4 is 22.4 Å². The molecule has 0 aliphatic rings. The van der Waals surface area contributed by atoms with E-state index in [0.717, 1.165) is 23.4 Å². The van der Waals surface area contributed by atoms with E-state index in [1.807, 2.05) is 18.3 Å². The first-order valence-electron chi connectivity index (χ1n) is 7.98. The minimum absolute atomic E-state index is 0.866. The minimum atomic E-state index is 0.866. The van der Waals surface area contributed by atoms with Gasteiger partial charge in [0, 0.05) is 30.0 Å². The van der Waals surface area contributed by atoms with Gasteiger partial charge in [0.1, 0.15) is 5.75 Å². The van der Waals surface area contributed by atoms with Gasteiger partial charge in [-0.3, -0.25) is 0 Å². The van der Waals surface area contributed by atoms with Gasteiger partial charge >= 0.3 is 0 Å². The summed E-state index contributed by atoms with van der Waals surface area (Å²) in [6.45, 7) is 3.14. The number of aryl methyl sites for hydroxylation is 1. The number of nitrogens with zero attached hydrogens (tertiary/aromatic N) is 2. The summed E-state index contributed by atoms with van der Waals surface area (Å²) in [5.74, 6) is 0.866. The second kappa shape index (κ2) is 6.13. The maximum Gasteiger partial charge on any atom is 0.118 e. The summed E-state index contributed by atoms with van der Waals surface area (Å²) >= 11 is 1.54. The molecule has 4 rings (SSSR count). The number of fused-ring (bicyclic) bond motifs is 1. The van der Waals surface area contributed by atoms with Gasteiger partial charge in [-0.2, -0.15) is 4.37 Å². The molecule has 0 saturated heterocycles. The Kier molecular flexibility index (Phi) is 3.82. The van der Waals surface area contributed by atoms with Gasteiger partial charge in [-0.25, -0.2) is 0 Å². The molecular weight excluding hydrogens is 316 g/mol. The molecule has 0 unspecified atom stereocenters. The summed E-state index contributed by atoms with van der Waals surface area (Å²) in [7, 11) is 1.69. The van der Waals surface area contributed by atoms with Gasteiger partial charge < -0.3 is 9.30 Å². The van der Waals surface area contributed by atoms with Crippen LogP contribution in [0.5, 0.6) is 5.75 Å². The van der Waals surface area contributed by atoms with E-state index in [0.29, 0.717) is 0 Å². The quantitative estimate of drug-likeness (QED) is 0.495. The predicted octanol–water partition coefficient (Wildman–Crippen LogP) is 5.46. The standard InChI is InChI=1S/C20H18N2OS/c1-3-22-11-10-15-4-5-16(12-19(15)22)20-18(13-21-24-20)14-6-8-17(23-2)9-7-14/h4-13H,3H2,1-2H3. The first-order chi connectivity index (χ1) is 11.8. The summed E-state index contributed by atoms with van der Waals surface area (Å²) < 4.78 is 12.0. The topological polar surface area (TPSA) is 27.1 Å². The largest absolute Gasteiger partial charge is 0.497 e. The lowest BCUT2D eigenvalue weighted by molar-refractivity contribution is 0.415. The average Bonchev–Trinajstić information content (AvgIpc) is 3.28. The molecule has 2 aromatic carbocycles. The zero-order valence-electron chi connectivity index (χ0n) is 13.7. The normalized spacial score (nSPS) is 11.1. The molecule has 4 aromatic rings. The Balaban J connectivity index is 1.81. The van der Waals surface area contributed by atoms with Crippen molar-refractivity contribution in [3.8, 4) is 27.3 Å². The molecule has 2 heterocycles. The fraction of sp³-hybridized carbons (Fsp3) is 0.150. The highest BCUT2D eigenvalue weighted by atomic mass is 32.1. The van der Waals surface area contributed by atoms with Crippen LogP contribution in [0.25, 0.3) is 32.5 Å². The van der Waals surface area contributed by atoms with Gasteiger partial charge in [-0.1, -0.05) is 24.3 Å². The van der Waals surface area contributed by atoms with E-state index >= 15 is 0 Å². The van der Waals surface area contributed by atoms with Crippen molar-refractivity contribution in [3.63, 3.8) is 0 Å². The number of methoxy groups -OCH3 is 1. The van der Waals surface area contributed by atoms with Crippen LogP contribution in [0.15, 0.2) is 60.9 Å². The molecule has 4 heteroatoms. The Morgan fingerprint density at radius 3 is 2.58 bits per heavy atom. The fourth-order valence-electron chi connectivity index (χ4n) is 3.02. The molecule has 0 bridgehead atoms. The van der Waals surface area contributed by atoms with E-state index in [1.54, 1.807) is 18.6 Å². The van der Waals surface area contributed by atoms with Crippen molar-refractivity contribution < 1.29 is 4.74 Å². The van der Waals surface area contributed by atoms with Gasteiger partial charge in [0.25, 0.3) is 0 Å². The van der Waals surface area contributed by atoms with Crippen molar-refractivity contribution in [2.75, 3.05) is 7.11 Å². The van der Waals surface area contributed by atoms with Gasteiger partial charge in [0.2, 0.25) is 0 Å². The maximum absolute atomic E-state index is 5.25. The monoisotopic (exact) mass is 334 g/mol. The summed E-state index contributed by atoms with van der Waals surface area (Å²) in [6, 6.07) is 16.9. The third-order valence-electron chi connectivity index (χ3n) is 4.35. The number of aromatic nitrogens is 2. The van der Waals surface area contributed by atoms with Crippen molar-refractivity contribution in [2.45, 2.75) is 13.5 Å². The summed E-state index contributed by atoms with van der Waals surface area (Å²) in [5, 5.41) is 1.27. The Hall–Kier alpha value is -2.59. The van der Waals surface area contributed by atoms with Crippen LogP contribution in [0, 0.1) is 0 Å². The van der Waals surface area contributed by atoms with E-state index in [9.17, 15) is 0 Å². The molecule has 0 N–H and O–H groups in total. The highest BCUT2D eigenvalue weighted by Crippen LogP contribution is 2.37. The Morgan fingerprint density at radius 2 is 1.83 bits per heavy atom. The Bertz CT molecular complexity index is 982. The number of benzene rings is 2. The highest BCUT2D eigenvalue weighted by Gasteiger charge is 2.12. The highest BCUT2D eigenvalue weighted by molar-refractivity contribution is 7.10. The van der Waals surface area contributed by atoms with E-state index < -0.39 is 0 Å². The van der Waals surface area contributed by atoms with Crippen LogP contribution >= 0.6 is 11.5 Å². The van der Waals surface area contributed by atoms with Crippen LogP contribution in [0.2, 0.25) is 0 Å². The van der Waals surface area contributed by atoms with Crippen molar-refractivity contribution in [3.05, 3.63) is 60.9 Å². The van der Waals surface area contributed by atoms with Gasteiger partial charge in [-0.15, -0.1) is 0 Å². The summed E-state index contributed by atoms with van der Waals surface area (Å²) in [6.07, 6.45) is 4.09. The lowest BCUT2D eigenvalue weighted by atomic mass is 10.0. The molecule has 2 aromatic heterocycles. The minimum Gasteiger partial charge on any atom is -0.497 e. The number of hydrogen-bond acceptors (Lipinski definition) is 3. The second-order valence-corrected chi connectivity index (χ2v) is 6.47. The van der Waals surface area contributed by atoms with Crippen molar-refractivity contribution in [1.29, 1.82) is 0 Å². The number of ether oxygens (including phenoxy) is 1. The van der Waals surface area contributed by atoms with E-state index in [1.165, 1.54) is 21.3 Å². The van der Waals surface area contributed by atoms with Crippen molar-refractivity contribution in [1.82, 2.24) is 8.94 Å². The van der Waals surface area contributed by atoms with E-state index in [-0.39, 0.29) is 0 Å². The molecule has 0 amide bonds. The first-order valence-corrected chi connectivity index (χ1v) is 8.76. The van der Waals surface area contributed by atoms with Crippen LogP contribution in [0.1, 0.15) is 6.92 Å². The molecule has 120 valence electrons. The summed E-state index contributed by atoms with van der Waals surface area (Å²) in [5.41, 5.74) is 4.80. The molecule has 0 radical (unpaired) electrons. The van der Waals surface area contributed by atoms with Crippen molar-refractivity contribution in [2.24, 2.45) is 0 Å². The van der Waals surface area contributed by atoms with Crippen LogP contribution in [-0.4, -0.2) is 16.1 Å². The molecule has 0 fully saturated rings.